The van der Waals surface area contributed by atoms with Crippen LogP contribution in [0.5, 0.6) is 0 Å². The van der Waals surface area contributed by atoms with Gasteiger partial charge in [-0.2, -0.15) is 0 Å². The number of rotatable bonds is 3. The van der Waals surface area contributed by atoms with Gasteiger partial charge < -0.3 is 9.80 Å². The number of benzene rings is 2. The van der Waals surface area contributed by atoms with Gasteiger partial charge >= 0.3 is 0 Å². The van der Waals surface area contributed by atoms with Crippen LogP contribution in [-0.2, 0) is 12.0 Å². The third-order valence-electron chi connectivity index (χ3n) is 7.68. The zero-order valence-electron chi connectivity index (χ0n) is 19.6. The van der Waals surface area contributed by atoms with Gasteiger partial charge in [0, 0.05) is 72.0 Å². The molecule has 0 N–H and O–H groups in total. The predicted molar refractivity (Wildman–Crippen MR) is 137 cm³/mol. The van der Waals surface area contributed by atoms with Crippen molar-refractivity contribution in [2.45, 2.75) is 57.5 Å². The minimum absolute atomic E-state index is 0.0197. The third kappa shape index (κ3) is 4.76. The molecule has 33 heavy (non-hydrogen) atoms. The highest BCUT2D eigenvalue weighted by atomic mass is 35.5. The van der Waals surface area contributed by atoms with Gasteiger partial charge in [-0.15, -0.1) is 0 Å². The number of amides is 1. The van der Waals surface area contributed by atoms with Gasteiger partial charge in [0.05, 0.1) is 0 Å². The molecule has 1 amide bonds. The van der Waals surface area contributed by atoms with E-state index in [1.807, 2.05) is 4.90 Å². The van der Waals surface area contributed by atoms with Crippen LogP contribution in [0.2, 0.25) is 10.0 Å². The molecule has 0 radical (unpaired) electrons. The summed E-state index contributed by atoms with van der Waals surface area (Å²) in [5.74, 6) is -0.0197. The van der Waals surface area contributed by atoms with E-state index in [2.05, 4.69) is 41.8 Å². The third-order valence-corrected chi connectivity index (χ3v) is 8.12. The zero-order valence-corrected chi connectivity index (χ0v) is 21.1. The molecule has 0 unspecified atom stereocenters. The Morgan fingerprint density at radius 3 is 2.27 bits per heavy atom. The normalized spacial score (nSPS) is 21.3. The molecule has 2 fully saturated rings. The second-order valence-corrected chi connectivity index (χ2v) is 11.4. The summed E-state index contributed by atoms with van der Waals surface area (Å²) in [5, 5.41) is 0.975. The van der Waals surface area contributed by atoms with Gasteiger partial charge in [-0.1, -0.05) is 56.0 Å². The summed E-state index contributed by atoms with van der Waals surface area (Å²) in [6.45, 7) is 10.2. The van der Waals surface area contributed by atoms with E-state index in [1.54, 1.807) is 18.2 Å². The van der Waals surface area contributed by atoms with E-state index < -0.39 is 0 Å². The average molecular weight is 486 g/mol. The van der Waals surface area contributed by atoms with Crippen LogP contribution in [0.1, 0.15) is 61.0 Å². The molecule has 1 aliphatic carbocycles. The van der Waals surface area contributed by atoms with Gasteiger partial charge in [0.1, 0.15) is 0 Å². The highest BCUT2D eigenvalue weighted by Gasteiger charge is 2.35. The van der Waals surface area contributed by atoms with E-state index in [9.17, 15) is 4.79 Å². The number of carbonyl (C=O) groups excluding carboxylic acids is 1. The maximum absolute atomic E-state index is 13.3. The van der Waals surface area contributed by atoms with E-state index in [0.717, 1.165) is 32.2 Å². The van der Waals surface area contributed by atoms with Crippen molar-refractivity contribution < 1.29 is 4.79 Å². The van der Waals surface area contributed by atoms with Crippen LogP contribution in [0.4, 0.5) is 5.69 Å². The SMILES string of the molecule is CC1(C)CN(C(=O)c2cc(Cl)cc(Cl)c2)Cc2cc(N3CCN(C4CCCC4)CC3)ccc21. The molecule has 2 aromatic carbocycles. The van der Waals surface area contributed by atoms with Crippen LogP contribution in [0.15, 0.2) is 36.4 Å². The predicted octanol–water partition coefficient (Wildman–Crippen LogP) is 5.99. The van der Waals surface area contributed by atoms with Crippen molar-refractivity contribution in [1.82, 2.24) is 9.80 Å². The monoisotopic (exact) mass is 485 g/mol. The van der Waals surface area contributed by atoms with Crippen LogP contribution in [0, 0.1) is 0 Å². The molecule has 1 saturated heterocycles. The number of carbonyl (C=O) groups is 1. The molecule has 2 aromatic rings. The molecule has 4 nitrogen and oxygen atoms in total. The highest BCUT2D eigenvalue weighted by Crippen LogP contribution is 2.37. The minimum Gasteiger partial charge on any atom is -0.369 e. The van der Waals surface area contributed by atoms with E-state index in [-0.39, 0.29) is 11.3 Å². The van der Waals surface area contributed by atoms with Crippen LogP contribution >= 0.6 is 23.2 Å². The first kappa shape index (κ1) is 23.0. The average Bonchev–Trinajstić information content (AvgIpc) is 3.32. The number of hydrogen-bond acceptors (Lipinski definition) is 3. The van der Waals surface area contributed by atoms with Gasteiger partial charge in [0.2, 0.25) is 0 Å². The molecule has 0 atom stereocenters. The topological polar surface area (TPSA) is 26.8 Å². The molecule has 2 aliphatic heterocycles. The standard InChI is InChI=1S/C27H33Cl2N3O/c1-27(2)18-32(26(33)19-13-21(28)16-22(29)14-19)17-20-15-24(7-8-25(20)27)31-11-9-30(10-12-31)23-5-3-4-6-23/h7-8,13-16,23H,3-6,9-12,17-18H2,1-2H3. The Labute approximate surface area is 207 Å². The minimum atomic E-state index is -0.120. The van der Waals surface area contributed by atoms with Gasteiger partial charge in [-0.3, -0.25) is 9.69 Å². The Morgan fingerprint density at radius 2 is 1.61 bits per heavy atom. The molecule has 5 rings (SSSR count). The fourth-order valence-corrected chi connectivity index (χ4v) is 6.54. The fraction of sp³-hybridized carbons (Fsp3) is 0.519. The molecular formula is C27H33Cl2N3O. The molecule has 0 aromatic heterocycles. The maximum atomic E-state index is 13.3. The van der Waals surface area contributed by atoms with Gasteiger partial charge in [-0.25, -0.2) is 0 Å². The summed E-state index contributed by atoms with van der Waals surface area (Å²) in [5.41, 5.74) is 4.28. The molecule has 0 bridgehead atoms. The lowest BCUT2D eigenvalue weighted by Gasteiger charge is -2.42. The first-order valence-electron chi connectivity index (χ1n) is 12.2. The molecule has 6 heteroatoms. The molecule has 0 spiro atoms. The van der Waals surface area contributed by atoms with Crippen molar-refractivity contribution in [3.8, 4) is 0 Å². The summed E-state index contributed by atoms with van der Waals surface area (Å²) in [4.78, 5) is 20.5. The van der Waals surface area contributed by atoms with E-state index >= 15 is 0 Å². The van der Waals surface area contributed by atoms with Crippen LogP contribution in [0.25, 0.3) is 0 Å². The first-order chi connectivity index (χ1) is 15.8. The Bertz CT molecular complexity index is 1020. The lowest BCUT2D eigenvalue weighted by molar-refractivity contribution is 0.0686. The number of anilines is 1. The lowest BCUT2D eigenvalue weighted by atomic mass is 9.78. The quantitative estimate of drug-likeness (QED) is 0.533. The van der Waals surface area contributed by atoms with Gasteiger partial charge in [0.15, 0.2) is 0 Å². The second-order valence-electron chi connectivity index (χ2n) is 10.5. The molecular weight excluding hydrogens is 453 g/mol. The van der Waals surface area contributed by atoms with Crippen molar-refractivity contribution in [1.29, 1.82) is 0 Å². The van der Waals surface area contributed by atoms with Crippen LogP contribution in [0.3, 0.4) is 0 Å². The van der Waals surface area contributed by atoms with Gasteiger partial charge in [0.25, 0.3) is 5.91 Å². The first-order valence-corrected chi connectivity index (χ1v) is 12.9. The fourth-order valence-electron chi connectivity index (χ4n) is 6.01. The molecule has 3 aliphatic rings. The van der Waals surface area contributed by atoms with E-state index in [4.69, 9.17) is 23.2 Å². The molecule has 1 saturated carbocycles. The van der Waals surface area contributed by atoms with Crippen LogP contribution < -0.4 is 4.90 Å². The largest absolute Gasteiger partial charge is 0.369 e. The highest BCUT2D eigenvalue weighted by molar-refractivity contribution is 6.35. The van der Waals surface area contributed by atoms with E-state index in [0.29, 0.717) is 28.7 Å². The number of piperazine rings is 1. The number of nitrogens with zero attached hydrogens (tertiary/aromatic N) is 3. The van der Waals surface area contributed by atoms with Gasteiger partial charge in [-0.05, 0) is 54.3 Å². The zero-order chi connectivity index (χ0) is 23.2. The summed E-state index contributed by atoms with van der Waals surface area (Å²) < 4.78 is 0. The molecule has 2 heterocycles. The van der Waals surface area contributed by atoms with Crippen LogP contribution in [-0.4, -0.2) is 54.5 Å². The Kier molecular flexibility index (Phi) is 6.37. The summed E-state index contributed by atoms with van der Waals surface area (Å²) in [6, 6.07) is 12.8. The maximum Gasteiger partial charge on any atom is 0.254 e. The summed E-state index contributed by atoms with van der Waals surface area (Å²) >= 11 is 12.3. The van der Waals surface area contributed by atoms with Crippen molar-refractivity contribution in [2.75, 3.05) is 37.6 Å². The lowest BCUT2D eigenvalue weighted by Crippen LogP contribution is -2.50. The number of fused-ring (bicyclic) bond motifs is 1. The second kappa shape index (κ2) is 9.13. The Balaban J connectivity index is 1.34. The smallest absolute Gasteiger partial charge is 0.254 e. The van der Waals surface area contributed by atoms with Crippen molar-refractivity contribution in [3.05, 3.63) is 63.1 Å². The van der Waals surface area contributed by atoms with E-state index in [1.165, 1.54) is 42.5 Å². The Hall–Kier alpha value is -1.75. The van der Waals surface area contributed by atoms with Crippen molar-refractivity contribution in [2.24, 2.45) is 0 Å². The van der Waals surface area contributed by atoms with Crippen molar-refractivity contribution in [3.63, 3.8) is 0 Å². The summed E-state index contributed by atoms with van der Waals surface area (Å²) in [6.07, 6.45) is 5.52. The summed E-state index contributed by atoms with van der Waals surface area (Å²) in [7, 11) is 0. The Morgan fingerprint density at radius 1 is 0.939 bits per heavy atom. The van der Waals surface area contributed by atoms with Crippen molar-refractivity contribution >= 4 is 34.8 Å². The number of hydrogen-bond donors (Lipinski definition) is 0. The number of halogens is 2. The molecule has 176 valence electrons.